The summed E-state index contributed by atoms with van der Waals surface area (Å²) in [4.78, 5) is 14.0. The Kier molecular flexibility index (Phi) is 4.17. The molecule has 0 spiro atoms. The number of nitrogens with zero attached hydrogens (tertiary/aromatic N) is 4. The van der Waals surface area contributed by atoms with E-state index in [0.29, 0.717) is 0 Å². The van der Waals surface area contributed by atoms with Crippen molar-refractivity contribution in [3.05, 3.63) is 17.5 Å². The van der Waals surface area contributed by atoms with E-state index in [0.717, 1.165) is 57.0 Å². The standard InChI is InChI=1S/C15H25N5/c1-3-19-6-8-20(9-7-19)15-17-11-13(12(2)18-15)10-16-14-4-5-14/h11,14,16H,3-10H2,1-2H3. The fraction of sp³-hybridized carbons (Fsp3) is 0.733. The van der Waals surface area contributed by atoms with Crippen LogP contribution in [0.5, 0.6) is 0 Å². The van der Waals surface area contributed by atoms with Crippen molar-refractivity contribution < 1.29 is 0 Å². The van der Waals surface area contributed by atoms with Crippen molar-refractivity contribution in [1.82, 2.24) is 20.2 Å². The fourth-order valence-electron chi connectivity index (χ4n) is 2.61. The van der Waals surface area contributed by atoms with Crippen molar-refractivity contribution in [1.29, 1.82) is 0 Å². The molecule has 3 rings (SSSR count). The monoisotopic (exact) mass is 275 g/mol. The Morgan fingerprint density at radius 2 is 2.00 bits per heavy atom. The summed E-state index contributed by atoms with van der Waals surface area (Å²) in [5.41, 5.74) is 2.34. The summed E-state index contributed by atoms with van der Waals surface area (Å²) in [6, 6.07) is 0.733. The summed E-state index contributed by atoms with van der Waals surface area (Å²) in [5.74, 6) is 0.897. The molecular weight excluding hydrogens is 250 g/mol. The third-order valence-corrected chi connectivity index (χ3v) is 4.33. The van der Waals surface area contributed by atoms with Crippen LogP contribution in [0.25, 0.3) is 0 Å². The van der Waals surface area contributed by atoms with E-state index in [1.807, 2.05) is 6.20 Å². The number of anilines is 1. The molecule has 0 unspecified atom stereocenters. The molecule has 1 N–H and O–H groups in total. The van der Waals surface area contributed by atoms with Gasteiger partial charge in [0.15, 0.2) is 0 Å². The topological polar surface area (TPSA) is 44.3 Å². The summed E-state index contributed by atoms with van der Waals surface area (Å²) < 4.78 is 0. The van der Waals surface area contributed by atoms with E-state index >= 15 is 0 Å². The van der Waals surface area contributed by atoms with E-state index in [4.69, 9.17) is 4.98 Å². The molecule has 1 saturated heterocycles. The van der Waals surface area contributed by atoms with Gasteiger partial charge in [0.2, 0.25) is 5.95 Å². The minimum absolute atomic E-state index is 0.733. The average Bonchev–Trinajstić information content (AvgIpc) is 3.30. The van der Waals surface area contributed by atoms with Crippen molar-refractivity contribution in [2.45, 2.75) is 39.3 Å². The Balaban J connectivity index is 1.60. The van der Waals surface area contributed by atoms with Gasteiger partial charge in [-0.05, 0) is 26.3 Å². The molecule has 110 valence electrons. The van der Waals surface area contributed by atoms with Gasteiger partial charge in [-0.15, -0.1) is 0 Å². The van der Waals surface area contributed by atoms with Gasteiger partial charge in [-0.1, -0.05) is 6.92 Å². The number of aryl methyl sites for hydroxylation is 1. The van der Waals surface area contributed by atoms with Gasteiger partial charge in [-0.25, -0.2) is 9.97 Å². The summed E-state index contributed by atoms with van der Waals surface area (Å²) in [6.45, 7) is 10.7. The van der Waals surface area contributed by atoms with Gasteiger partial charge in [0.1, 0.15) is 0 Å². The molecular formula is C15H25N5. The molecule has 0 radical (unpaired) electrons. The van der Waals surface area contributed by atoms with Gasteiger partial charge < -0.3 is 15.1 Å². The molecule has 1 aromatic rings. The minimum atomic E-state index is 0.733. The minimum Gasteiger partial charge on any atom is -0.338 e. The number of rotatable bonds is 5. The lowest BCUT2D eigenvalue weighted by atomic mass is 10.2. The fourth-order valence-corrected chi connectivity index (χ4v) is 2.61. The molecule has 5 heteroatoms. The van der Waals surface area contributed by atoms with Crippen molar-refractivity contribution in [3.63, 3.8) is 0 Å². The third-order valence-electron chi connectivity index (χ3n) is 4.33. The number of likely N-dealkylation sites (N-methyl/N-ethyl adjacent to an activating group) is 1. The molecule has 1 aromatic heterocycles. The third kappa shape index (κ3) is 3.27. The highest BCUT2D eigenvalue weighted by Crippen LogP contribution is 2.20. The first-order valence-electron chi connectivity index (χ1n) is 7.79. The maximum atomic E-state index is 4.70. The van der Waals surface area contributed by atoms with Crippen LogP contribution < -0.4 is 10.2 Å². The Bertz CT molecular complexity index is 450. The number of hydrogen-bond donors (Lipinski definition) is 1. The van der Waals surface area contributed by atoms with Crippen molar-refractivity contribution in [2.24, 2.45) is 0 Å². The predicted octanol–water partition coefficient (Wildman–Crippen LogP) is 1.18. The largest absolute Gasteiger partial charge is 0.338 e. The summed E-state index contributed by atoms with van der Waals surface area (Å²) in [7, 11) is 0. The Morgan fingerprint density at radius 1 is 1.25 bits per heavy atom. The highest BCUT2D eigenvalue weighted by atomic mass is 15.3. The molecule has 2 heterocycles. The lowest BCUT2D eigenvalue weighted by Crippen LogP contribution is -2.46. The maximum absolute atomic E-state index is 4.70. The SMILES string of the molecule is CCN1CCN(c2ncc(CNC3CC3)c(C)n2)CC1. The average molecular weight is 275 g/mol. The van der Waals surface area contributed by atoms with Crippen LogP contribution in [-0.4, -0.2) is 53.6 Å². The smallest absolute Gasteiger partial charge is 0.225 e. The van der Waals surface area contributed by atoms with E-state index < -0.39 is 0 Å². The van der Waals surface area contributed by atoms with Gasteiger partial charge in [0.25, 0.3) is 0 Å². The Hall–Kier alpha value is -1.20. The number of aromatic nitrogens is 2. The van der Waals surface area contributed by atoms with Gasteiger partial charge in [0, 0.05) is 56.2 Å². The quantitative estimate of drug-likeness (QED) is 0.874. The van der Waals surface area contributed by atoms with E-state index in [-0.39, 0.29) is 0 Å². The zero-order valence-electron chi connectivity index (χ0n) is 12.6. The lowest BCUT2D eigenvalue weighted by molar-refractivity contribution is 0.270. The van der Waals surface area contributed by atoms with Gasteiger partial charge in [-0.2, -0.15) is 0 Å². The van der Waals surface area contributed by atoms with Gasteiger partial charge in [0.05, 0.1) is 0 Å². The van der Waals surface area contributed by atoms with Crippen LogP contribution >= 0.6 is 0 Å². The zero-order chi connectivity index (χ0) is 13.9. The van der Waals surface area contributed by atoms with Crippen LogP contribution in [0, 0.1) is 6.92 Å². The summed E-state index contributed by atoms with van der Waals surface area (Å²) in [6.07, 6.45) is 4.64. The second-order valence-corrected chi connectivity index (χ2v) is 5.86. The number of nitrogens with one attached hydrogen (secondary N) is 1. The second kappa shape index (κ2) is 6.06. The first-order valence-corrected chi connectivity index (χ1v) is 7.79. The first-order chi connectivity index (χ1) is 9.76. The van der Waals surface area contributed by atoms with E-state index in [9.17, 15) is 0 Å². The van der Waals surface area contributed by atoms with E-state index in [2.05, 4.69) is 33.9 Å². The van der Waals surface area contributed by atoms with E-state index in [1.54, 1.807) is 0 Å². The highest BCUT2D eigenvalue weighted by molar-refractivity contribution is 5.33. The number of hydrogen-bond acceptors (Lipinski definition) is 5. The highest BCUT2D eigenvalue weighted by Gasteiger charge is 2.21. The van der Waals surface area contributed by atoms with Crippen LogP contribution in [0.3, 0.4) is 0 Å². The molecule has 0 aromatic carbocycles. The van der Waals surface area contributed by atoms with Crippen LogP contribution in [0.15, 0.2) is 6.20 Å². The van der Waals surface area contributed by atoms with Crippen LogP contribution in [0.2, 0.25) is 0 Å². The van der Waals surface area contributed by atoms with Crippen molar-refractivity contribution in [3.8, 4) is 0 Å². The number of piperazine rings is 1. The molecule has 0 bridgehead atoms. The molecule has 2 fully saturated rings. The van der Waals surface area contributed by atoms with Crippen LogP contribution in [0.1, 0.15) is 31.0 Å². The molecule has 20 heavy (non-hydrogen) atoms. The molecule has 1 aliphatic heterocycles. The lowest BCUT2D eigenvalue weighted by Gasteiger charge is -2.34. The molecule has 2 aliphatic rings. The zero-order valence-corrected chi connectivity index (χ0v) is 12.6. The Labute approximate surface area is 121 Å². The molecule has 0 amide bonds. The van der Waals surface area contributed by atoms with Crippen molar-refractivity contribution in [2.75, 3.05) is 37.6 Å². The predicted molar refractivity (Wildman–Crippen MR) is 81.0 cm³/mol. The van der Waals surface area contributed by atoms with Gasteiger partial charge >= 0.3 is 0 Å². The first kappa shape index (κ1) is 13.8. The van der Waals surface area contributed by atoms with Crippen LogP contribution in [-0.2, 0) is 6.54 Å². The van der Waals surface area contributed by atoms with Crippen molar-refractivity contribution >= 4 is 5.95 Å². The molecule has 1 aliphatic carbocycles. The van der Waals surface area contributed by atoms with Crippen LogP contribution in [0.4, 0.5) is 5.95 Å². The second-order valence-electron chi connectivity index (χ2n) is 5.86. The molecule has 0 atom stereocenters. The summed E-state index contributed by atoms with van der Waals surface area (Å²) >= 11 is 0. The molecule has 5 nitrogen and oxygen atoms in total. The van der Waals surface area contributed by atoms with E-state index in [1.165, 1.54) is 18.4 Å². The van der Waals surface area contributed by atoms with Gasteiger partial charge in [-0.3, -0.25) is 0 Å². The summed E-state index contributed by atoms with van der Waals surface area (Å²) in [5, 5.41) is 3.53. The maximum Gasteiger partial charge on any atom is 0.225 e. The molecule has 1 saturated carbocycles. The Morgan fingerprint density at radius 3 is 2.60 bits per heavy atom. The normalized spacial score (nSPS) is 20.4.